The third-order valence-electron chi connectivity index (χ3n) is 20.2. The molecule has 24 heteroatoms. The molecular formula is C93H88Br2N14O8. The summed E-state index contributed by atoms with van der Waals surface area (Å²) in [4.78, 5) is 82.7. The number of hydrogen-bond donors (Lipinski definition) is 4. The molecule has 0 saturated heterocycles. The van der Waals surface area contributed by atoms with Crippen LogP contribution in [-0.4, -0.2) is 110 Å². The van der Waals surface area contributed by atoms with Gasteiger partial charge in [0.1, 0.15) is 0 Å². The van der Waals surface area contributed by atoms with Gasteiger partial charge in [0.2, 0.25) is 11.9 Å². The summed E-state index contributed by atoms with van der Waals surface area (Å²) in [5.74, 6) is -0.0127. The Morgan fingerprint density at radius 2 is 0.829 bits per heavy atom. The van der Waals surface area contributed by atoms with Crippen LogP contribution in [0.4, 0.5) is 46.0 Å². The molecule has 7 heterocycles. The molecule has 2 aliphatic rings. The van der Waals surface area contributed by atoms with Gasteiger partial charge in [0.25, 0.3) is 5.91 Å². The number of rotatable bonds is 15. The molecule has 0 radical (unpaired) electrons. The predicted molar refractivity (Wildman–Crippen MR) is 473 cm³/mol. The summed E-state index contributed by atoms with van der Waals surface area (Å²) in [6.07, 6.45) is 14.1. The van der Waals surface area contributed by atoms with E-state index in [1.807, 2.05) is 159 Å². The van der Waals surface area contributed by atoms with Crippen molar-refractivity contribution in [1.82, 2.24) is 39.5 Å². The van der Waals surface area contributed by atoms with E-state index in [4.69, 9.17) is 50.8 Å². The lowest BCUT2D eigenvalue weighted by Crippen LogP contribution is -2.20. The minimum atomic E-state index is -0.554. The third-order valence-corrected chi connectivity index (χ3v) is 21.9. The minimum Gasteiger partial charge on any atom is -0.465 e. The SMILES string of the molecule is COC(=O)c1cccc(CC2=Nc3cc(-c4cccnc4)c(C)cc3C2)c1.COC(=O)c1cccc(CC2=Nc3cc(Br)c(C)cc3C2)c1.COC(=O)c1cccc(N(C)c2nc3cc(-c4cccnc4)c(C)cc3n2C)c1.Cc1cc(N)c(N)cc1Br.Cc1cc2c(cc1-c1cccnc1)nc(N(C)c1cccc(C(=O)NO)c1)n2C. The number of halogens is 2. The Labute approximate surface area is 695 Å². The quantitative estimate of drug-likeness (QED) is 0.0244. The number of imidazole rings is 2. The fourth-order valence-electron chi connectivity index (χ4n) is 14.0. The van der Waals surface area contributed by atoms with Crippen molar-refractivity contribution in [2.45, 2.75) is 60.3 Å². The second-order valence-corrected chi connectivity index (χ2v) is 30.0. The molecule has 0 spiro atoms. The number of pyridine rings is 3. The van der Waals surface area contributed by atoms with Crippen molar-refractivity contribution in [3.05, 3.63) is 313 Å². The smallest absolute Gasteiger partial charge is 0.337 e. The van der Waals surface area contributed by atoms with E-state index in [9.17, 15) is 19.2 Å². The molecule has 0 saturated carbocycles. The number of benzene rings is 9. The van der Waals surface area contributed by atoms with Crippen molar-refractivity contribution in [1.29, 1.82) is 0 Å². The van der Waals surface area contributed by atoms with Gasteiger partial charge in [-0.15, -0.1) is 0 Å². The Kier molecular flexibility index (Phi) is 26.5. The summed E-state index contributed by atoms with van der Waals surface area (Å²) in [6.45, 7) is 10.4. The van der Waals surface area contributed by atoms with Crippen LogP contribution in [0, 0.1) is 34.6 Å². The van der Waals surface area contributed by atoms with Crippen LogP contribution in [-0.2, 0) is 54.0 Å². The zero-order valence-corrected chi connectivity index (χ0v) is 70.1. The van der Waals surface area contributed by atoms with Crippen molar-refractivity contribution < 1.29 is 38.6 Å². The van der Waals surface area contributed by atoms with Crippen molar-refractivity contribution in [3.63, 3.8) is 0 Å². The molecule has 592 valence electrons. The number of nitrogens with two attached hydrogens (primary N) is 2. The van der Waals surface area contributed by atoms with Crippen LogP contribution in [0.1, 0.15) is 91.5 Å². The van der Waals surface area contributed by atoms with E-state index in [2.05, 4.69) is 140 Å². The number of ether oxygens (including phenoxy) is 3. The molecule has 5 aromatic heterocycles. The van der Waals surface area contributed by atoms with Gasteiger partial charge in [-0.05, 0) is 229 Å². The lowest BCUT2D eigenvalue weighted by molar-refractivity contribution is 0.0591. The van der Waals surface area contributed by atoms with Crippen LogP contribution in [0.15, 0.2) is 250 Å². The number of methoxy groups -OCH3 is 3. The standard InChI is InChI=1S/C23H22N4O2.C23H20N2O2.C22H21N5O2.C18H16BrNO2.C7H9BrN2/c1-15-11-21-20(13-19(15)17-8-6-10-24-14-17)25-23(27(21)3)26(2)18-9-5-7-16(12-18)22(28)29-4;1-15-9-19-12-20(11-16-5-3-6-17(10-16)23(26)27-2)25-22(19)13-21(15)18-7-4-8-24-14-18;1-14-10-20-19(12-18(14)16-7-5-9-23-13-16)24-22(27(20)3)26(2)17-8-4-6-15(11-17)21(28)25-29;1-11-6-14-9-15(20-17(14)10-16(11)19)8-12-4-3-5-13(7-12)18(21)22-2;1-4-2-6(9)7(10)3-5(4)8/h5-14H,1-4H3;3-10,13-14H,11-12H2,1-2H3;4-13,29H,1-3H3,(H,25,28);3-7,10H,8-9H2,1-2H3;2-3H,9-10H2,1H3. The average Bonchev–Trinajstić information content (AvgIpc) is 1.63. The number of carbonyl (C=O) groups excluding carboxylic acids is 4. The number of anilines is 6. The van der Waals surface area contributed by atoms with Crippen molar-refractivity contribution in [2.75, 3.05) is 56.7 Å². The molecular weight excluding hydrogens is 1600 g/mol. The number of fused-ring (bicyclic) bond motifs is 4. The van der Waals surface area contributed by atoms with Gasteiger partial charge in [-0.25, -0.2) is 29.8 Å². The molecule has 9 aromatic carbocycles. The third kappa shape index (κ3) is 19.6. The monoisotopic (exact) mass is 1690 g/mol. The first-order valence-corrected chi connectivity index (χ1v) is 39.0. The first-order valence-electron chi connectivity index (χ1n) is 37.4. The largest absolute Gasteiger partial charge is 0.465 e. The van der Waals surface area contributed by atoms with Crippen molar-refractivity contribution >= 4 is 135 Å². The van der Waals surface area contributed by atoms with Gasteiger partial charge in [-0.1, -0.05) is 98.6 Å². The number of hydrogen-bond acceptors (Lipinski definition) is 19. The summed E-state index contributed by atoms with van der Waals surface area (Å²) in [5, 5.41) is 8.89. The van der Waals surface area contributed by atoms with Crippen LogP contribution in [0.3, 0.4) is 0 Å². The van der Waals surface area contributed by atoms with Gasteiger partial charge in [0.15, 0.2) is 0 Å². The Bertz CT molecular complexity index is 5890. The summed E-state index contributed by atoms with van der Waals surface area (Å²) in [5.41, 5.74) is 42.9. The van der Waals surface area contributed by atoms with Gasteiger partial charge in [0.05, 0.1) is 82.8 Å². The molecule has 0 bridgehead atoms. The number of amides is 1. The topological polar surface area (TPSA) is 286 Å². The average molecular weight is 1690 g/mol. The van der Waals surface area contributed by atoms with E-state index in [0.717, 1.165) is 158 Å². The van der Waals surface area contributed by atoms with Gasteiger partial charge in [-0.2, -0.15) is 0 Å². The molecule has 16 rings (SSSR count). The highest BCUT2D eigenvalue weighted by Gasteiger charge is 2.23. The normalized spacial score (nSPS) is 11.5. The maximum absolute atomic E-state index is 11.9. The molecule has 1 amide bonds. The summed E-state index contributed by atoms with van der Waals surface area (Å²) < 4.78 is 20.6. The van der Waals surface area contributed by atoms with Crippen LogP contribution in [0.2, 0.25) is 0 Å². The molecule has 2 aliphatic heterocycles. The Morgan fingerprint density at radius 1 is 0.453 bits per heavy atom. The number of aryl methyl sites for hydroxylation is 7. The second kappa shape index (κ2) is 37.3. The number of nitrogen functional groups attached to an aromatic ring is 2. The maximum Gasteiger partial charge on any atom is 0.337 e. The molecule has 0 atom stereocenters. The van der Waals surface area contributed by atoms with Crippen LogP contribution in [0.25, 0.3) is 55.4 Å². The summed E-state index contributed by atoms with van der Waals surface area (Å²) in [6, 6.07) is 62.1. The molecule has 0 unspecified atom stereocenters. The number of aliphatic imine (C=N–C) groups is 2. The molecule has 117 heavy (non-hydrogen) atoms. The van der Waals surface area contributed by atoms with Crippen LogP contribution in [0.5, 0.6) is 0 Å². The highest BCUT2D eigenvalue weighted by atomic mass is 79.9. The number of nitrogens with zero attached hydrogens (tertiary/aromatic N) is 11. The molecule has 14 aromatic rings. The van der Waals surface area contributed by atoms with Gasteiger partial charge >= 0.3 is 17.9 Å². The van der Waals surface area contributed by atoms with E-state index in [0.29, 0.717) is 33.6 Å². The van der Waals surface area contributed by atoms with Crippen molar-refractivity contribution in [3.8, 4) is 33.4 Å². The highest BCUT2D eigenvalue weighted by molar-refractivity contribution is 9.10. The van der Waals surface area contributed by atoms with Gasteiger partial charge in [0, 0.05) is 145 Å². The number of hydroxylamine groups is 1. The van der Waals surface area contributed by atoms with Crippen LogP contribution >= 0.6 is 31.9 Å². The second-order valence-electron chi connectivity index (χ2n) is 28.3. The number of aromatic nitrogens is 7. The van der Waals surface area contributed by atoms with E-state index < -0.39 is 5.91 Å². The first-order chi connectivity index (χ1) is 56.3. The molecule has 6 N–H and O–H groups in total. The molecule has 0 aliphatic carbocycles. The number of carbonyl (C=O) groups is 4. The fourth-order valence-corrected chi connectivity index (χ4v) is 14.6. The Morgan fingerprint density at radius 3 is 1.26 bits per heavy atom. The minimum absolute atomic E-state index is 0.307. The van der Waals surface area contributed by atoms with Gasteiger partial charge < -0.3 is 44.6 Å². The zero-order valence-electron chi connectivity index (χ0n) is 66.9. The molecule has 22 nitrogen and oxygen atoms in total. The van der Waals surface area contributed by atoms with E-state index in [1.165, 1.54) is 49.1 Å². The lowest BCUT2D eigenvalue weighted by Gasteiger charge is -2.19. The first kappa shape index (κ1) is 83.1. The van der Waals surface area contributed by atoms with Crippen molar-refractivity contribution in [2.24, 2.45) is 24.1 Å². The predicted octanol–water partition coefficient (Wildman–Crippen LogP) is 19.4. The fraction of sp³-hybridized carbons (Fsp3) is 0.172. The highest BCUT2D eigenvalue weighted by Crippen LogP contribution is 2.39. The summed E-state index contributed by atoms with van der Waals surface area (Å²) >= 11 is 6.89. The Balaban J connectivity index is 0.000000139. The van der Waals surface area contributed by atoms with E-state index in [-0.39, 0.29) is 17.9 Å². The summed E-state index contributed by atoms with van der Waals surface area (Å²) in [7, 11) is 12.0. The Hall–Kier alpha value is -13.3. The van der Waals surface area contributed by atoms with E-state index in [1.54, 1.807) is 66.5 Å². The zero-order chi connectivity index (χ0) is 83.3. The van der Waals surface area contributed by atoms with Crippen LogP contribution < -0.4 is 26.7 Å². The van der Waals surface area contributed by atoms with Gasteiger partial charge in [-0.3, -0.25) is 34.9 Å². The maximum atomic E-state index is 11.9. The number of esters is 3. The number of nitrogens with one attached hydrogen (secondary N) is 1. The molecule has 0 fully saturated rings. The lowest BCUT2D eigenvalue weighted by atomic mass is 9.96. The van der Waals surface area contributed by atoms with E-state index >= 15 is 0 Å².